The molecule has 0 spiro atoms. The van der Waals surface area contributed by atoms with Crippen LogP contribution in [0.1, 0.15) is 0 Å². The molecule has 0 radical (unpaired) electrons. The quantitative estimate of drug-likeness (QED) is 0.853. The van der Waals surface area contributed by atoms with E-state index in [1.807, 2.05) is 17.5 Å². The molecule has 5 heteroatoms. The number of para-hydroxylation sites is 1. The van der Waals surface area contributed by atoms with Crippen molar-refractivity contribution in [1.82, 2.24) is 4.98 Å². The SMILES string of the molecule is Nc1cccc(Br)c1Oc1nccs1. The molecular weight excluding hydrogens is 264 g/mol. The Kier molecular flexibility index (Phi) is 2.69. The first-order valence-corrected chi connectivity index (χ1v) is 5.56. The number of nitrogen functional groups attached to an aromatic ring is 1. The molecule has 0 saturated heterocycles. The van der Waals surface area contributed by atoms with Crippen molar-refractivity contribution in [3.05, 3.63) is 34.2 Å². The number of benzene rings is 1. The van der Waals surface area contributed by atoms with Gasteiger partial charge in [0.05, 0.1) is 10.2 Å². The van der Waals surface area contributed by atoms with E-state index in [0.29, 0.717) is 16.6 Å². The molecule has 0 aliphatic carbocycles. The van der Waals surface area contributed by atoms with Gasteiger partial charge in [0.1, 0.15) is 0 Å². The first-order chi connectivity index (χ1) is 6.77. The lowest BCUT2D eigenvalue weighted by Gasteiger charge is -2.06. The highest BCUT2D eigenvalue weighted by Gasteiger charge is 2.07. The van der Waals surface area contributed by atoms with Gasteiger partial charge in [-0.05, 0) is 28.1 Å². The molecule has 0 unspecified atom stereocenters. The minimum atomic E-state index is 0.587. The highest BCUT2D eigenvalue weighted by molar-refractivity contribution is 9.10. The molecule has 0 fully saturated rings. The topological polar surface area (TPSA) is 48.1 Å². The molecule has 0 aliphatic rings. The zero-order chi connectivity index (χ0) is 9.97. The monoisotopic (exact) mass is 270 g/mol. The maximum absolute atomic E-state index is 5.76. The first-order valence-electron chi connectivity index (χ1n) is 3.88. The number of hydrogen-bond acceptors (Lipinski definition) is 4. The van der Waals surface area contributed by atoms with Crippen LogP contribution in [0.25, 0.3) is 0 Å². The van der Waals surface area contributed by atoms with Crippen LogP contribution in [0.3, 0.4) is 0 Å². The second-order valence-corrected chi connectivity index (χ2v) is 4.27. The van der Waals surface area contributed by atoms with Crippen LogP contribution in [0.2, 0.25) is 0 Å². The van der Waals surface area contributed by atoms with Gasteiger partial charge in [0, 0.05) is 11.6 Å². The van der Waals surface area contributed by atoms with Gasteiger partial charge in [-0.1, -0.05) is 17.4 Å². The number of hydrogen-bond donors (Lipinski definition) is 1. The number of nitrogens with two attached hydrogens (primary N) is 1. The van der Waals surface area contributed by atoms with Crippen LogP contribution in [-0.2, 0) is 0 Å². The number of halogens is 1. The number of rotatable bonds is 2. The third kappa shape index (κ3) is 1.88. The van der Waals surface area contributed by atoms with E-state index in [1.54, 1.807) is 12.3 Å². The number of ether oxygens (including phenoxy) is 1. The minimum absolute atomic E-state index is 0.587. The van der Waals surface area contributed by atoms with Crippen LogP contribution in [-0.4, -0.2) is 4.98 Å². The second-order valence-electron chi connectivity index (χ2n) is 2.56. The maximum atomic E-state index is 5.76. The third-order valence-electron chi connectivity index (χ3n) is 1.60. The predicted molar refractivity (Wildman–Crippen MR) is 60.7 cm³/mol. The fourth-order valence-corrected chi connectivity index (χ4v) is 1.94. The highest BCUT2D eigenvalue weighted by Crippen LogP contribution is 2.35. The summed E-state index contributed by atoms with van der Waals surface area (Å²) in [6.45, 7) is 0. The molecule has 72 valence electrons. The van der Waals surface area contributed by atoms with E-state index in [1.165, 1.54) is 11.3 Å². The summed E-state index contributed by atoms with van der Waals surface area (Å²) in [4.78, 5) is 4.01. The van der Waals surface area contributed by atoms with Crippen LogP contribution in [0, 0.1) is 0 Å². The van der Waals surface area contributed by atoms with Crippen LogP contribution < -0.4 is 10.5 Å². The molecule has 2 N–H and O–H groups in total. The van der Waals surface area contributed by atoms with Crippen molar-refractivity contribution in [2.24, 2.45) is 0 Å². The molecule has 2 aromatic rings. The van der Waals surface area contributed by atoms with E-state index in [-0.39, 0.29) is 0 Å². The summed E-state index contributed by atoms with van der Waals surface area (Å²) in [7, 11) is 0. The van der Waals surface area contributed by atoms with E-state index in [2.05, 4.69) is 20.9 Å². The Morgan fingerprint density at radius 1 is 1.43 bits per heavy atom. The summed E-state index contributed by atoms with van der Waals surface area (Å²) in [6, 6.07) is 5.52. The summed E-state index contributed by atoms with van der Waals surface area (Å²) >= 11 is 4.79. The van der Waals surface area contributed by atoms with Crippen molar-refractivity contribution in [1.29, 1.82) is 0 Å². The molecule has 1 heterocycles. The summed E-state index contributed by atoms with van der Waals surface area (Å²) < 4.78 is 6.34. The molecule has 0 aliphatic heterocycles. The zero-order valence-corrected chi connectivity index (χ0v) is 9.51. The van der Waals surface area contributed by atoms with Gasteiger partial charge in [-0.2, -0.15) is 0 Å². The summed E-state index contributed by atoms with van der Waals surface area (Å²) in [5.74, 6) is 0.613. The van der Waals surface area contributed by atoms with Gasteiger partial charge in [0.15, 0.2) is 5.75 Å². The molecule has 3 nitrogen and oxygen atoms in total. The zero-order valence-electron chi connectivity index (χ0n) is 7.11. The van der Waals surface area contributed by atoms with E-state index in [4.69, 9.17) is 10.5 Å². The second kappa shape index (κ2) is 3.98. The lowest BCUT2D eigenvalue weighted by molar-refractivity contribution is 0.478. The number of aromatic nitrogens is 1. The molecule has 2 rings (SSSR count). The molecule has 1 aromatic heterocycles. The number of anilines is 1. The lowest BCUT2D eigenvalue weighted by Crippen LogP contribution is -1.92. The van der Waals surface area contributed by atoms with Crippen LogP contribution in [0.4, 0.5) is 5.69 Å². The summed E-state index contributed by atoms with van der Waals surface area (Å²) in [5.41, 5.74) is 6.35. The van der Waals surface area contributed by atoms with Crippen molar-refractivity contribution < 1.29 is 4.74 Å². The Morgan fingerprint density at radius 2 is 2.29 bits per heavy atom. The van der Waals surface area contributed by atoms with Crippen molar-refractivity contribution in [3.63, 3.8) is 0 Å². The van der Waals surface area contributed by atoms with Crippen molar-refractivity contribution >= 4 is 33.0 Å². The van der Waals surface area contributed by atoms with Gasteiger partial charge in [-0.3, -0.25) is 0 Å². The lowest BCUT2D eigenvalue weighted by atomic mass is 10.3. The van der Waals surface area contributed by atoms with Crippen LogP contribution in [0.15, 0.2) is 34.2 Å². The summed E-state index contributed by atoms with van der Waals surface area (Å²) in [5, 5.41) is 2.44. The van der Waals surface area contributed by atoms with E-state index in [0.717, 1.165) is 4.47 Å². The average molecular weight is 271 g/mol. The van der Waals surface area contributed by atoms with Gasteiger partial charge in [0.25, 0.3) is 5.19 Å². The van der Waals surface area contributed by atoms with Gasteiger partial charge < -0.3 is 10.5 Å². The van der Waals surface area contributed by atoms with Crippen molar-refractivity contribution in [2.45, 2.75) is 0 Å². The normalized spacial score (nSPS) is 10.1. The Balaban J connectivity index is 2.33. The Morgan fingerprint density at radius 3 is 2.93 bits per heavy atom. The molecular formula is C9H7BrN2OS. The van der Waals surface area contributed by atoms with Gasteiger partial charge in [-0.15, -0.1) is 0 Å². The van der Waals surface area contributed by atoms with Crippen LogP contribution >= 0.6 is 27.3 Å². The van der Waals surface area contributed by atoms with Crippen LogP contribution in [0.5, 0.6) is 10.9 Å². The Hall–Kier alpha value is -1.07. The minimum Gasteiger partial charge on any atom is -0.427 e. The van der Waals surface area contributed by atoms with Crippen molar-refractivity contribution in [3.8, 4) is 10.9 Å². The van der Waals surface area contributed by atoms with E-state index in [9.17, 15) is 0 Å². The average Bonchev–Trinajstić information content (AvgIpc) is 2.64. The smallest absolute Gasteiger partial charge is 0.278 e. The maximum Gasteiger partial charge on any atom is 0.278 e. The molecule has 14 heavy (non-hydrogen) atoms. The molecule has 0 atom stereocenters. The Labute approximate surface area is 93.7 Å². The predicted octanol–water partition coefficient (Wildman–Crippen LogP) is 3.28. The Bertz CT molecular complexity index is 410. The molecule has 0 saturated carbocycles. The van der Waals surface area contributed by atoms with Gasteiger partial charge in [0.2, 0.25) is 0 Å². The highest BCUT2D eigenvalue weighted by atomic mass is 79.9. The van der Waals surface area contributed by atoms with Crippen molar-refractivity contribution in [2.75, 3.05) is 5.73 Å². The van der Waals surface area contributed by atoms with E-state index < -0.39 is 0 Å². The largest absolute Gasteiger partial charge is 0.427 e. The third-order valence-corrected chi connectivity index (χ3v) is 2.87. The fourth-order valence-electron chi connectivity index (χ4n) is 0.981. The van der Waals surface area contributed by atoms with Gasteiger partial charge in [-0.25, -0.2) is 4.98 Å². The van der Waals surface area contributed by atoms with Gasteiger partial charge >= 0.3 is 0 Å². The summed E-state index contributed by atoms with van der Waals surface area (Å²) in [6.07, 6.45) is 1.69. The standard InChI is InChI=1S/C9H7BrN2OS/c10-6-2-1-3-7(11)8(6)13-9-12-4-5-14-9/h1-5H,11H2. The number of nitrogens with zero attached hydrogens (tertiary/aromatic N) is 1. The molecule has 0 bridgehead atoms. The molecule has 0 amide bonds. The fraction of sp³-hybridized carbons (Fsp3) is 0. The number of thiazole rings is 1. The first kappa shape index (κ1) is 9.48. The molecule has 1 aromatic carbocycles. The van der Waals surface area contributed by atoms with E-state index >= 15 is 0 Å².